The molecular weight excluding hydrogens is 312 g/mol. The van der Waals surface area contributed by atoms with Gasteiger partial charge in [-0.2, -0.15) is 4.98 Å². The minimum absolute atomic E-state index is 0.0737. The highest BCUT2D eigenvalue weighted by Gasteiger charge is 2.31. The molecule has 0 bridgehead atoms. The van der Waals surface area contributed by atoms with Gasteiger partial charge in [0.1, 0.15) is 11.8 Å². The summed E-state index contributed by atoms with van der Waals surface area (Å²) in [5.41, 5.74) is 7.17. The number of rotatable bonds is 3. The molecular formula is C16H14N4O4. The SMILES string of the molecule is c1coc(C2CC(c3nc(-c4ccc5c(c4)OCO5)no3)NN2)c1. The Morgan fingerprint density at radius 3 is 2.88 bits per heavy atom. The molecule has 0 amide bonds. The predicted molar refractivity (Wildman–Crippen MR) is 80.9 cm³/mol. The van der Waals surface area contributed by atoms with E-state index in [0.29, 0.717) is 17.5 Å². The number of aromatic nitrogens is 2. The fraction of sp³-hybridized carbons (Fsp3) is 0.250. The van der Waals surface area contributed by atoms with Gasteiger partial charge in [0.05, 0.1) is 12.3 Å². The molecule has 1 saturated heterocycles. The van der Waals surface area contributed by atoms with Crippen molar-refractivity contribution in [3.63, 3.8) is 0 Å². The maximum atomic E-state index is 5.42. The molecule has 2 aliphatic rings. The fourth-order valence-electron chi connectivity index (χ4n) is 2.92. The first-order chi connectivity index (χ1) is 11.9. The van der Waals surface area contributed by atoms with Crippen LogP contribution in [0.2, 0.25) is 0 Å². The molecule has 122 valence electrons. The molecule has 5 rings (SSSR count). The third-order valence-electron chi connectivity index (χ3n) is 4.16. The van der Waals surface area contributed by atoms with Gasteiger partial charge in [-0.1, -0.05) is 5.16 Å². The molecule has 2 aliphatic heterocycles. The lowest BCUT2D eigenvalue weighted by Gasteiger charge is -2.03. The predicted octanol–water partition coefficient (Wildman–Crippen LogP) is 2.34. The molecule has 8 heteroatoms. The van der Waals surface area contributed by atoms with Crippen molar-refractivity contribution in [3.05, 3.63) is 48.2 Å². The molecule has 24 heavy (non-hydrogen) atoms. The zero-order valence-electron chi connectivity index (χ0n) is 12.6. The Bertz CT molecular complexity index is 861. The molecule has 0 aliphatic carbocycles. The van der Waals surface area contributed by atoms with Crippen LogP contribution in [0.25, 0.3) is 11.4 Å². The van der Waals surface area contributed by atoms with Crippen molar-refractivity contribution in [2.45, 2.75) is 18.5 Å². The van der Waals surface area contributed by atoms with Crippen LogP contribution < -0.4 is 20.3 Å². The van der Waals surface area contributed by atoms with E-state index in [1.54, 1.807) is 6.26 Å². The summed E-state index contributed by atoms with van der Waals surface area (Å²) in [7, 11) is 0. The molecule has 2 atom stereocenters. The highest BCUT2D eigenvalue weighted by molar-refractivity contribution is 5.61. The van der Waals surface area contributed by atoms with Gasteiger partial charge in [0.2, 0.25) is 18.5 Å². The molecule has 2 unspecified atom stereocenters. The zero-order valence-corrected chi connectivity index (χ0v) is 12.6. The molecule has 0 spiro atoms. The van der Waals surface area contributed by atoms with Gasteiger partial charge < -0.3 is 18.4 Å². The van der Waals surface area contributed by atoms with Gasteiger partial charge in [0.25, 0.3) is 0 Å². The summed E-state index contributed by atoms with van der Waals surface area (Å²) in [6, 6.07) is 9.39. The van der Waals surface area contributed by atoms with Gasteiger partial charge >= 0.3 is 0 Å². The van der Waals surface area contributed by atoms with Crippen LogP contribution in [0.3, 0.4) is 0 Å². The summed E-state index contributed by atoms with van der Waals surface area (Å²) in [4.78, 5) is 4.50. The number of hydrazine groups is 1. The summed E-state index contributed by atoms with van der Waals surface area (Å²) in [5, 5.41) is 4.07. The topological polar surface area (TPSA) is 94.6 Å². The Morgan fingerprint density at radius 1 is 1.04 bits per heavy atom. The van der Waals surface area contributed by atoms with E-state index in [2.05, 4.69) is 21.0 Å². The van der Waals surface area contributed by atoms with E-state index in [4.69, 9.17) is 18.4 Å². The third kappa shape index (κ3) is 2.24. The van der Waals surface area contributed by atoms with Gasteiger partial charge in [-0.05, 0) is 36.8 Å². The number of hydrogen-bond donors (Lipinski definition) is 2. The van der Waals surface area contributed by atoms with Crippen LogP contribution in [0, 0.1) is 0 Å². The Labute approximate surface area is 136 Å². The van der Waals surface area contributed by atoms with E-state index >= 15 is 0 Å². The number of nitrogens with zero attached hydrogens (tertiary/aromatic N) is 2. The molecule has 2 aromatic heterocycles. The standard InChI is InChI=1S/C16H14N4O4/c1-2-12(21-5-1)10-7-11(19-18-10)16-17-15(20-24-16)9-3-4-13-14(6-9)23-8-22-13/h1-6,10-11,18-19H,7-8H2. The van der Waals surface area contributed by atoms with E-state index in [9.17, 15) is 0 Å². The van der Waals surface area contributed by atoms with Crippen LogP contribution in [0.4, 0.5) is 0 Å². The van der Waals surface area contributed by atoms with Gasteiger partial charge in [0, 0.05) is 5.56 Å². The van der Waals surface area contributed by atoms with Crippen LogP contribution >= 0.6 is 0 Å². The second-order valence-electron chi connectivity index (χ2n) is 5.67. The summed E-state index contributed by atoms with van der Waals surface area (Å²) in [5.74, 6) is 3.35. The van der Waals surface area contributed by atoms with Crippen molar-refractivity contribution >= 4 is 0 Å². The monoisotopic (exact) mass is 326 g/mol. The molecule has 4 heterocycles. The van der Waals surface area contributed by atoms with Gasteiger partial charge in [-0.25, -0.2) is 10.9 Å². The lowest BCUT2D eigenvalue weighted by Crippen LogP contribution is -2.26. The molecule has 0 radical (unpaired) electrons. The maximum absolute atomic E-state index is 5.42. The largest absolute Gasteiger partial charge is 0.468 e. The van der Waals surface area contributed by atoms with Gasteiger partial charge in [-0.3, -0.25) is 0 Å². The Kier molecular flexibility index (Phi) is 3.03. The number of hydrogen-bond acceptors (Lipinski definition) is 8. The molecule has 1 aromatic carbocycles. The second kappa shape index (κ2) is 5.36. The fourth-order valence-corrected chi connectivity index (χ4v) is 2.92. The molecule has 1 fully saturated rings. The molecule has 2 N–H and O–H groups in total. The number of benzene rings is 1. The number of fused-ring (bicyclic) bond motifs is 1. The summed E-state index contributed by atoms with van der Waals surface area (Å²) < 4.78 is 21.5. The summed E-state index contributed by atoms with van der Waals surface area (Å²) in [6.45, 7) is 0.238. The Balaban J connectivity index is 1.36. The first-order valence-corrected chi connectivity index (χ1v) is 7.65. The first-order valence-electron chi connectivity index (χ1n) is 7.65. The average Bonchev–Trinajstić information content (AvgIpc) is 3.41. The van der Waals surface area contributed by atoms with Gasteiger partial charge in [0.15, 0.2) is 11.5 Å². The molecule has 3 aromatic rings. The Morgan fingerprint density at radius 2 is 1.96 bits per heavy atom. The first kappa shape index (κ1) is 13.6. The minimum Gasteiger partial charge on any atom is -0.468 e. The van der Waals surface area contributed by atoms with Crippen LogP contribution in [-0.4, -0.2) is 16.9 Å². The highest BCUT2D eigenvalue weighted by atomic mass is 16.7. The smallest absolute Gasteiger partial charge is 0.245 e. The quantitative estimate of drug-likeness (QED) is 0.757. The van der Waals surface area contributed by atoms with Crippen molar-refractivity contribution in [3.8, 4) is 22.9 Å². The van der Waals surface area contributed by atoms with Crippen molar-refractivity contribution in [2.24, 2.45) is 0 Å². The van der Waals surface area contributed by atoms with Crippen molar-refractivity contribution in [2.75, 3.05) is 6.79 Å². The lowest BCUT2D eigenvalue weighted by atomic mass is 10.1. The van der Waals surface area contributed by atoms with E-state index in [1.807, 2.05) is 30.3 Å². The number of nitrogens with one attached hydrogen (secondary N) is 2. The van der Waals surface area contributed by atoms with Crippen LogP contribution in [0.5, 0.6) is 11.5 Å². The number of ether oxygens (including phenoxy) is 2. The second-order valence-corrected chi connectivity index (χ2v) is 5.67. The Hall–Kier alpha value is -2.84. The van der Waals surface area contributed by atoms with Gasteiger partial charge in [-0.15, -0.1) is 0 Å². The normalized spacial score (nSPS) is 22.2. The summed E-state index contributed by atoms with van der Waals surface area (Å²) in [6.07, 6.45) is 2.42. The highest BCUT2D eigenvalue weighted by Crippen LogP contribution is 2.36. The van der Waals surface area contributed by atoms with Crippen LogP contribution in [-0.2, 0) is 0 Å². The van der Waals surface area contributed by atoms with E-state index in [1.165, 1.54) is 0 Å². The third-order valence-corrected chi connectivity index (χ3v) is 4.16. The van der Waals surface area contributed by atoms with E-state index < -0.39 is 0 Å². The molecule has 8 nitrogen and oxygen atoms in total. The lowest BCUT2D eigenvalue weighted by molar-refractivity contribution is 0.174. The van der Waals surface area contributed by atoms with Crippen LogP contribution in [0.15, 0.2) is 45.5 Å². The molecule has 0 saturated carbocycles. The average molecular weight is 326 g/mol. The van der Waals surface area contributed by atoms with Crippen molar-refractivity contribution < 1.29 is 18.4 Å². The van der Waals surface area contributed by atoms with E-state index in [0.717, 1.165) is 23.5 Å². The summed E-state index contributed by atoms with van der Waals surface area (Å²) >= 11 is 0. The van der Waals surface area contributed by atoms with Crippen LogP contribution in [0.1, 0.15) is 30.2 Å². The van der Waals surface area contributed by atoms with E-state index in [-0.39, 0.29) is 18.9 Å². The zero-order chi connectivity index (χ0) is 15.9. The minimum atomic E-state index is -0.0737. The maximum Gasteiger partial charge on any atom is 0.245 e. The number of furan rings is 1. The van der Waals surface area contributed by atoms with Crippen molar-refractivity contribution in [1.82, 2.24) is 21.0 Å². The van der Waals surface area contributed by atoms with Crippen molar-refractivity contribution in [1.29, 1.82) is 0 Å².